The average molecular weight is 243 g/mol. The van der Waals surface area contributed by atoms with Gasteiger partial charge in [-0.05, 0) is 52.9 Å². The predicted molar refractivity (Wildman–Crippen MR) is 59.5 cm³/mol. The van der Waals surface area contributed by atoms with Crippen LogP contribution in [-0.4, -0.2) is 7.11 Å². The van der Waals surface area contributed by atoms with Gasteiger partial charge in [0.05, 0.1) is 11.6 Å². The fourth-order valence-corrected chi connectivity index (χ4v) is 2.71. The molecule has 13 heavy (non-hydrogen) atoms. The first-order valence-corrected chi connectivity index (χ1v) is 5.23. The number of halogens is 1. The maximum absolute atomic E-state index is 5.33. The van der Waals surface area contributed by atoms with Crippen molar-refractivity contribution in [3.63, 3.8) is 0 Å². The molecule has 0 heterocycles. The lowest BCUT2D eigenvalue weighted by atomic mass is 10.0. The van der Waals surface area contributed by atoms with Crippen LogP contribution in [-0.2, 0) is 6.42 Å². The maximum Gasteiger partial charge on any atom is 0.136 e. The minimum Gasteiger partial charge on any atom is -0.495 e. The van der Waals surface area contributed by atoms with E-state index >= 15 is 0 Å². The largest absolute Gasteiger partial charge is 0.495 e. The summed E-state index contributed by atoms with van der Waals surface area (Å²) in [6, 6.07) is 2.17. The van der Waals surface area contributed by atoms with E-state index in [-0.39, 0.29) is 0 Å². The molecule has 1 rings (SSSR count). The Bertz CT molecular complexity index is 290. The van der Waals surface area contributed by atoms with E-state index in [2.05, 4.69) is 42.8 Å². The zero-order chi connectivity index (χ0) is 10.0. The summed E-state index contributed by atoms with van der Waals surface area (Å²) in [5.41, 5.74) is 3.85. The van der Waals surface area contributed by atoms with Gasteiger partial charge in [0.1, 0.15) is 5.75 Å². The van der Waals surface area contributed by atoms with Gasteiger partial charge in [0.2, 0.25) is 0 Å². The van der Waals surface area contributed by atoms with Crippen LogP contribution in [0.15, 0.2) is 10.5 Å². The van der Waals surface area contributed by atoms with Crippen molar-refractivity contribution in [3.8, 4) is 5.75 Å². The molecular formula is C11H15BrO. The van der Waals surface area contributed by atoms with Gasteiger partial charge in [0.25, 0.3) is 0 Å². The SMILES string of the molecule is CCc1c(C)cc(C)c(OC)c1Br. The standard InChI is InChI=1S/C11H15BrO/c1-5-9-7(2)6-8(3)11(13-4)10(9)12/h6H,5H2,1-4H3. The summed E-state index contributed by atoms with van der Waals surface area (Å²) in [6.45, 7) is 6.36. The maximum atomic E-state index is 5.33. The molecule has 0 spiro atoms. The minimum atomic E-state index is 0.961. The Labute approximate surface area is 88.2 Å². The van der Waals surface area contributed by atoms with Gasteiger partial charge in [0, 0.05) is 0 Å². The second-order valence-corrected chi connectivity index (χ2v) is 3.98. The van der Waals surface area contributed by atoms with E-state index in [4.69, 9.17) is 4.74 Å². The van der Waals surface area contributed by atoms with Gasteiger partial charge in [-0.2, -0.15) is 0 Å². The monoisotopic (exact) mass is 242 g/mol. The third-order valence-electron chi connectivity index (χ3n) is 2.29. The normalized spacial score (nSPS) is 10.2. The third kappa shape index (κ3) is 1.88. The van der Waals surface area contributed by atoms with E-state index in [0.717, 1.165) is 16.6 Å². The summed E-state index contributed by atoms with van der Waals surface area (Å²) in [6.07, 6.45) is 1.03. The number of methoxy groups -OCH3 is 1. The highest BCUT2D eigenvalue weighted by Crippen LogP contribution is 2.34. The highest BCUT2D eigenvalue weighted by Gasteiger charge is 2.10. The predicted octanol–water partition coefficient (Wildman–Crippen LogP) is 3.64. The molecule has 0 atom stereocenters. The smallest absolute Gasteiger partial charge is 0.136 e. The molecule has 0 radical (unpaired) electrons. The highest BCUT2D eigenvalue weighted by atomic mass is 79.9. The fourth-order valence-electron chi connectivity index (χ4n) is 1.65. The molecule has 0 aliphatic rings. The molecule has 0 bridgehead atoms. The molecule has 1 nitrogen and oxygen atoms in total. The molecule has 0 aliphatic carbocycles. The van der Waals surface area contributed by atoms with Gasteiger partial charge in [0.15, 0.2) is 0 Å². The number of rotatable bonds is 2. The summed E-state index contributed by atoms with van der Waals surface area (Å²) >= 11 is 3.58. The van der Waals surface area contributed by atoms with E-state index in [9.17, 15) is 0 Å². The molecule has 0 aliphatic heterocycles. The van der Waals surface area contributed by atoms with Crippen LogP contribution in [0.25, 0.3) is 0 Å². The average Bonchev–Trinajstić information content (AvgIpc) is 2.04. The second kappa shape index (κ2) is 4.14. The molecule has 0 aromatic heterocycles. The van der Waals surface area contributed by atoms with Gasteiger partial charge in [-0.3, -0.25) is 0 Å². The van der Waals surface area contributed by atoms with Gasteiger partial charge < -0.3 is 4.74 Å². The van der Waals surface area contributed by atoms with Gasteiger partial charge in [-0.1, -0.05) is 13.0 Å². The lowest BCUT2D eigenvalue weighted by molar-refractivity contribution is 0.408. The Morgan fingerprint density at radius 1 is 1.31 bits per heavy atom. The molecular weight excluding hydrogens is 228 g/mol. The van der Waals surface area contributed by atoms with Crippen LogP contribution in [0.2, 0.25) is 0 Å². The Morgan fingerprint density at radius 3 is 2.38 bits per heavy atom. The van der Waals surface area contributed by atoms with Crippen molar-refractivity contribution in [2.75, 3.05) is 7.11 Å². The molecule has 0 saturated carbocycles. The zero-order valence-electron chi connectivity index (χ0n) is 8.57. The van der Waals surface area contributed by atoms with Gasteiger partial charge >= 0.3 is 0 Å². The fraction of sp³-hybridized carbons (Fsp3) is 0.455. The van der Waals surface area contributed by atoms with E-state index in [0.29, 0.717) is 0 Å². The van der Waals surface area contributed by atoms with Crippen molar-refractivity contribution in [2.45, 2.75) is 27.2 Å². The van der Waals surface area contributed by atoms with Crippen molar-refractivity contribution in [3.05, 3.63) is 27.2 Å². The molecule has 0 N–H and O–H groups in total. The first kappa shape index (κ1) is 10.6. The Kier molecular flexibility index (Phi) is 3.37. The zero-order valence-corrected chi connectivity index (χ0v) is 10.2. The van der Waals surface area contributed by atoms with Crippen molar-refractivity contribution >= 4 is 15.9 Å². The summed E-state index contributed by atoms with van der Waals surface area (Å²) in [4.78, 5) is 0. The van der Waals surface area contributed by atoms with E-state index < -0.39 is 0 Å². The van der Waals surface area contributed by atoms with Crippen LogP contribution in [0.3, 0.4) is 0 Å². The summed E-state index contributed by atoms with van der Waals surface area (Å²) < 4.78 is 6.43. The topological polar surface area (TPSA) is 9.23 Å². The molecule has 0 fully saturated rings. The molecule has 0 unspecified atom stereocenters. The molecule has 0 amide bonds. The molecule has 2 heteroatoms. The van der Waals surface area contributed by atoms with Crippen LogP contribution >= 0.6 is 15.9 Å². The Morgan fingerprint density at radius 2 is 1.92 bits per heavy atom. The van der Waals surface area contributed by atoms with Crippen LogP contribution in [0.1, 0.15) is 23.6 Å². The first-order valence-electron chi connectivity index (χ1n) is 4.44. The quantitative estimate of drug-likeness (QED) is 0.770. The number of benzene rings is 1. The van der Waals surface area contributed by atoms with E-state index in [1.165, 1.54) is 16.7 Å². The van der Waals surface area contributed by atoms with Crippen molar-refractivity contribution in [1.82, 2.24) is 0 Å². The highest BCUT2D eigenvalue weighted by molar-refractivity contribution is 9.10. The first-order chi connectivity index (χ1) is 6.11. The molecule has 0 saturated heterocycles. The van der Waals surface area contributed by atoms with E-state index in [1.807, 2.05) is 0 Å². The van der Waals surface area contributed by atoms with Crippen LogP contribution < -0.4 is 4.74 Å². The number of hydrogen-bond acceptors (Lipinski definition) is 1. The summed E-state index contributed by atoms with van der Waals surface area (Å²) in [7, 11) is 1.71. The van der Waals surface area contributed by atoms with Gasteiger partial charge in [-0.15, -0.1) is 0 Å². The summed E-state index contributed by atoms with van der Waals surface area (Å²) in [5, 5.41) is 0. The van der Waals surface area contributed by atoms with Crippen LogP contribution in [0, 0.1) is 13.8 Å². The Balaban J connectivity index is 3.39. The van der Waals surface area contributed by atoms with Crippen molar-refractivity contribution in [1.29, 1.82) is 0 Å². The lowest BCUT2D eigenvalue weighted by Gasteiger charge is -2.13. The second-order valence-electron chi connectivity index (χ2n) is 3.19. The van der Waals surface area contributed by atoms with Crippen LogP contribution in [0.4, 0.5) is 0 Å². The number of hydrogen-bond donors (Lipinski definition) is 0. The Hall–Kier alpha value is -0.500. The molecule has 1 aromatic rings. The summed E-state index contributed by atoms with van der Waals surface area (Å²) in [5.74, 6) is 0.961. The number of aryl methyl sites for hydroxylation is 2. The van der Waals surface area contributed by atoms with Crippen LogP contribution in [0.5, 0.6) is 5.75 Å². The van der Waals surface area contributed by atoms with Gasteiger partial charge in [-0.25, -0.2) is 0 Å². The minimum absolute atomic E-state index is 0.961. The van der Waals surface area contributed by atoms with Crippen molar-refractivity contribution in [2.24, 2.45) is 0 Å². The third-order valence-corrected chi connectivity index (χ3v) is 3.13. The van der Waals surface area contributed by atoms with E-state index in [1.54, 1.807) is 7.11 Å². The molecule has 72 valence electrons. The van der Waals surface area contributed by atoms with Crippen molar-refractivity contribution < 1.29 is 4.74 Å². The lowest BCUT2D eigenvalue weighted by Crippen LogP contribution is -1.96. The molecule has 1 aromatic carbocycles. The number of ether oxygens (including phenoxy) is 1.